The summed E-state index contributed by atoms with van der Waals surface area (Å²) in [5.74, 6) is 1.70. The Morgan fingerprint density at radius 3 is 2.82 bits per heavy atom. The third-order valence-electron chi connectivity index (χ3n) is 4.60. The first-order valence-electron chi connectivity index (χ1n) is 7.75. The molecule has 0 atom stereocenters. The molecule has 1 amide bonds. The number of hydrogen-bond donors (Lipinski definition) is 1. The Hall–Kier alpha value is -1.76. The molecule has 2 aromatic heterocycles. The maximum absolute atomic E-state index is 12.6. The number of carbonyl (C=O) groups is 1. The molecule has 0 bridgehead atoms. The highest BCUT2D eigenvalue weighted by Crippen LogP contribution is 2.42. The van der Waals surface area contributed by atoms with E-state index < -0.39 is 5.54 Å². The van der Waals surface area contributed by atoms with Crippen molar-refractivity contribution in [3.05, 3.63) is 28.4 Å². The van der Waals surface area contributed by atoms with E-state index >= 15 is 0 Å². The monoisotopic (exact) mass is 318 g/mol. The Labute approximate surface area is 132 Å². The molecule has 116 valence electrons. The fourth-order valence-corrected chi connectivity index (χ4v) is 3.80. The lowest BCUT2D eigenvalue weighted by molar-refractivity contribution is 0.0891. The second-order valence-corrected chi connectivity index (χ2v) is 6.92. The SMILES string of the molecule is Cc1nscc1C(=O)NC1(c2noc(C3CC3)n2)CCCC1. The molecule has 0 unspecified atom stereocenters. The van der Waals surface area contributed by atoms with Crippen LogP contribution in [0, 0.1) is 6.92 Å². The van der Waals surface area contributed by atoms with E-state index in [0.29, 0.717) is 17.3 Å². The highest BCUT2D eigenvalue weighted by Gasteiger charge is 2.43. The molecule has 2 saturated carbocycles. The number of amides is 1. The fraction of sp³-hybridized carbons (Fsp3) is 0.600. The summed E-state index contributed by atoms with van der Waals surface area (Å²) in [6.07, 6.45) is 6.10. The van der Waals surface area contributed by atoms with Crippen LogP contribution in [0.5, 0.6) is 0 Å². The molecule has 0 aliphatic heterocycles. The predicted molar refractivity (Wildman–Crippen MR) is 80.7 cm³/mol. The van der Waals surface area contributed by atoms with E-state index in [0.717, 1.165) is 50.1 Å². The average molecular weight is 318 g/mol. The van der Waals surface area contributed by atoms with Gasteiger partial charge in [-0.25, -0.2) is 0 Å². The van der Waals surface area contributed by atoms with Gasteiger partial charge in [0.15, 0.2) is 5.82 Å². The fourth-order valence-electron chi connectivity index (χ4n) is 3.10. The summed E-state index contributed by atoms with van der Waals surface area (Å²) in [5, 5.41) is 9.13. The van der Waals surface area contributed by atoms with Crippen LogP contribution in [-0.2, 0) is 5.54 Å². The van der Waals surface area contributed by atoms with Gasteiger partial charge in [-0.2, -0.15) is 9.36 Å². The molecule has 2 aliphatic rings. The number of hydrogen-bond acceptors (Lipinski definition) is 6. The van der Waals surface area contributed by atoms with Crippen LogP contribution in [0.25, 0.3) is 0 Å². The molecular weight excluding hydrogens is 300 g/mol. The van der Waals surface area contributed by atoms with Gasteiger partial charge < -0.3 is 9.84 Å². The largest absolute Gasteiger partial charge is 0.339 e. The number of aryl methyl sites for hydroxylation is 1. The number of nitrogens with one attached hydrogen (secondary N) is 1. The first kappa shape index (κ1) is 13.9. The summed E-state index contributed by atoms with van der Waals surface area (Å²) in [5.41, 5.74) is 0.923. The van der Waals surface area contributed by atoms with Crippen molar-refractivity contribution in [2.75, 3.05) is 0 Å². The molecule has 7 heteroatoms. The van der Waals surface area contributed by atoms with E-state index in [1.165, 1.54) is 11.5 Å². The summed E-state index contributed by atoms with van der Waals surface area (Å²) < 4.78 is 9.57. The number of aromatic nitrogens is 3. The molecule has 2 aliphatic carbocycles. The molecule has 4 rings (SSSR count). The summed E-state index contributed by atoms with van der Waals surface area (Å²) in [6, 6.07) is 0. The second-order valence-electron chi connectivity index (χ2n) is 6.29. The first-order valence-corrected chi connectivity index (χ1v) is 8.59. The molecule has 0 aromatic carbocycles. The van der Waals surface area contributed by atoms with Crippen LogP contribution in [-0.4, -0.2) is 20.4 Å². The third kappa shape index (κ3) is 2.33. The minimum absolute atomic E-state index is 0.0917. The van der Waals surface area contributed by atoms with Gasteiger partial charge in [0.1, 0.15) is 5.54 Å². The van der Waals surface area contributed by atoms with Crippen LogP contribution < -0.4 is 5.32 Å². The molecule has 1 N–H and O–H groups in total. The van der Waals surface area contributed by atoms with Crippen LogP contribution in [0.15, 0.2) is 9.90 Å². The minimum atomic E-state index is -0.484. The highest BCUT2D eigenvalue weighted by atomic mass is 32.1. The smallest absolute Gasteiger partial charge is 0.254 e. The number of carbonyl (C=O) groups excluding carboxylic acids is 1. The van der Waals surface area contributed by atoms with E-state index in [1.807, 2.05) is 6.92 Å². The molecule has 2 fully saturated rings. The second kappa shape index (κ2) is 5.15. The molecule has 2 heterocycles. The van der Waals surface area contributed by atoms with Gasteiger partial charge >= 0.3 is 0 Å². The van der Waals surface area contributed by atoms with Gasteiger partial charge in [0.2, 0.25) is 5.89 Å². The zero-order valence-corrected chi connectivity index (χ0v) is 13.3. The lowest BCUT2D eigenvalue weighted by atomic mass is 9.96. The van der Waals surface area contributed by atoms with Crippen LogP contribution >= 0.6 is 11.5 Å². The zero-order valence-electron chi connectivity index (χ0n) is 12.5. The number of rotatable bonds is 4. The van der Waals surface area contributed by atoms with Crippen molar-refractivity contribution >= 4 is 17.4 Å². The molecule has 22 heavy (non-hydrogen) atoms. The summed E-state index contributed by atoms with van der Waals surface area (Å²) >= 11 is 1.30. The van der Waals surface area contributed by atoms with E-state index in [1.54, 1.807) is 5.38 Å². The quantitative estimate of drug-likeness (QED) is 0.937. The molecule has 0 spiro atoms. The maximum Gasteiger partial charge on any atom is 0.254 e. The van der Waals surface area contributed by atoms with Crippen LogP contribution in [0.4, 0.5) is 0 Å². The molecule has 0 saturated heterocycles. The van der Waals surface area contributed by atoms with E-state index in [4.69, 9.17) is 4.52 Å². The van der Waals surface area contributed by atoms with Gasteiger partial charge in [0.25, 0.3) is 5.91 Å². The Kier molecular flexibility index (Phi) is 3.25. The normalized spacial score (nSPS) is 20.2. The third-order valence-corrected chi connectivity index (χ3v) is 5.32. The van der Waals surface area contributed by atoms with Crippen molar-refractivity contribution in [3.63, 3.8) is 0 Å². The predicted octanol–water partition coefficient (Wildman–Crippen LogP) is 2.91. The van der Waals surface area contributed by atoms with Gasteiger partial charge in [0, 0.05) is 11.3 Å². The minimum Gasteiger partial charge on any atom is -0.339 e. The van der Waals surface area contributed by atoms with Crippen molar-refractivity contribution in [2.24, 2.45) is 0 Å². The Balaban J connectivity index is 1.61. The van der Waals surface area contributed by atoms with Gasteiger partial charge in [0.05, 0.1) is 11.3 Å². The maximum atomic E-state index is 12.6. The topological polar surface area (TPSA) is 80.9 Å². The Morgan fingerprint density at radius 1 is 1.41 bits per heavy atom. The lowest BCUT2D eigenvalue weighted by Gasteiger charge is -2.26. The molecular formula is C15H18N4O2S. The van der Waals surface area contributed by atoms with Crippen LogP contribution in [0.2, 0.25) is 0 Å². The summed E-state index contributed by atoms with van der Waals surface area (Å²) in [7, 11) is 0. The van der Waals surface area contributed by atoms with Gasteiger partial charge in [-0.1, -0.05) is 18.0 Å². The van der Waals surface area contributed by atoms with Crippen molar-refractivity contribution in [1.82, 2.24) is 19.8 Å². The highest BCUT2D eigenvalue weighted by molar-refractivity contribution is 7.03. The lowest BCUT2D eigenvalue weighted by Crippen LogP contribution is -2.44. The van der Waals surface area contributed by atoms with E-state index in [9.17, 15) is 4.79 Å². The van der Waals surface area contributed by atoms with Crippen LogP contribution in [0.3, 0.4) is 0 Å². The van der Waals surface area contributed by atoms with Crippen molar-refractivity contribution < 1.29 is 9.32 Å². The first-order chi connectivity index (χ1) is 10.7. The van der Waals surface area contributed by atoms with Crippen molar-refractivity contribution in [2.45, 2.75) is 56.9 Å². The molecule has 6 nitrogen and oxygen atoms in total. The van der Waals surface area contributed by atoms with E-state index in [-0.39, 0.29) is 5.91 Å². The Bertz CT molecular complexity index is 698. The summed E-state index contributed by atoms with van der Waals surface area (Å²) in [4.78, 5) is 17.2. The zero-order chi connectivity index (χ0) is 15.2. The molecule has 2 aromatic rings. The van der Waals surface area contributed by atoms with Gasteiger partial charge in [-0.05, 0) is 44.1 Å². The Morgan fingerprint density at radius 2 is 2.18 bits per heavy atom. The van der Waals surface area contributed by atoms with Crippen LogP contribution in [0.1, 0.15) is 72.2 Å². The number of nitrogens with zero attached hydrogens (tertiary/aromatic N) is 3. The van der Waals surface area contributed by atoms with Crippen molar-refractivity contribution in [3.8, 4) is 0 Å². The van der Waals surface area contributed by atoms with Crippen molar-refractivity contribution in [1.29, 1.82) is 0 Å². The summed E-state index contributed by atoms with van der Waals surface area (Å²) in [6.45, 7) is 1.85. The van der Waals surface area contributed by atoms with Gasteiger partial charge in [-0.15, -0.1) is 0 Å². The standard InChI is InChI=1S/C15H18N4O2S/c1-9-11(8-22-19-9)12(20)17-15(6-2-3-7-15)14-16-13(21-18-14)10-4-5-10/h8,10H,2-7H2,1H3,(H,17,20). The molecule has 0 radical (unpaired) electrons. The van der Waals surface area contributed by atoms with Gasteiger partial charge in [-0.3, -0.25) is 4.79 Å². The van der Waals surface area contributed by atoms with E-state index in [2.05, 4.69) is 19.8 Å². The average Bonchev–Trinajstić information content (AvgIpc) is 2.94.